The maximum atomic E-state index is 11.2. The number of nitrogens with one attached hydrogen (secondary N) is 2. The lowest BCUT2D eigenvalue weighted by atomic mass is 10.5. The van der Waals surface area contributed by atoms with Crippen LogP contribution in [0.1, 0.15) is 13.8 Å². The lowest BCUT2D eigenvalue weighted by Gasteiger charge is -2.06. The van der Waals surface area contributed by atoms with Crippen LogP contribution in [-0.2, 0) is 9.53 Å². The van der Waals surface area contributed by atoms with Gasteiger partial charge < -0.3 is 4.74 Å². The molecule has 8 heteroatoms. The molecule has 0 aliphatic carbocycles. The van der Waals surface area contributed by atoms with Crippen LogP contribution in [0.25, 0.3) is 0 Å². The van der Waals surface area contributed by atoms with Crippen LogP contribution in [-0.4, -0.2) is 33.0 Å². The zero-order valence-corrected chi connectivity index (χ0v) is 9.59. The van der Waals surface area contributed by atoms with Gasteiger partial charge in [-0.2, -0.15) is 5.10 Å². The van der Waals surface area contributed by atoms with Crippen molar-refractivity contribution in [3.8, 4) is 0 Å². The molecule has 1 rings (SSSR count). The summed E-state index contributed by atoms with van der Waals surface area (Å²) in [5, 5.41) is 5.60. The van der Waals surface area contributed by atoms with Gasteiger partial charge in [-0.1, -0.05) is 11.8 Å². The highest BCUT2D eigenvalue weighted by Crippen LogP contribution is 2.08. The number of nitrogens with zero attached hydrogens (tertiary/aromatic N) is 1. The fourth-order valence-corrected chi connectivity index (χ4v) is 1.47. The maximum absolute atomic E-state index is 11.2. The van der Waals surface area contributed by atoms with E-state index in [4.69, 9.17) is 4.74 Å². The molecule has 2 N–H and O–H groups in total. The van der Waals surface area contributed by atoms with E-state index in [0.717, 1.165) is 11.8 Å². The number of ether oxygens (including phenoxy) is 1. The molecule has 0 radical (unpaired) electrons. The number of aromatic amines is 2. The molecular weight excluding hydrogens is 234 g/mol. The predicted octanol–water partition coefficient (Wildman–Crippen LogP) is -0.498. The molecule has 0 aliphatic heterocycles. The van der Waals surface area contributed by atoms with Gasteiger partial charge in [0.25, 0.3) is 5.56 Å². The molecule has 1 heterocycles. The maximum Gasteiger partial charge on any atom is 0.342 e. The second-order valence-electron chi connectivity index (χ2n) is 3.14. The Labute approximate surface area is 94.6 Å². The summed E-state index contributed by atoms with van der Waals surface area (Å²) in [5.74, 6) is -0.465. The number of thioether (sulfide) groups is 1. The van der Waals surface area contributed by atoms with Gasteiger partial charge in [0.2, 0.25) is 0 Å². The zero-order valence-electron chi connectivity index (χ0n) is 8.77. The Balaban J connectivity index is 2.58. The predicted molar refractivity (Wildman–Crippen MR) is 57.4 cm³/mol. The van der Waals surface area contributed by atoms with Crippen LogP contribution in [0.15, 0.2) is 14.6 Å². The number of aromatic nitrogens is 3. The van der Waals surface area contributed by atoms with E-state index < -0.39 is 17.2 Å². The number of H-pyrrole nitrogens is 2. The zero-order chi connectivity index (χ0) is 12.1. The van der Waals surface area contributed by atoms with Gasteiger partial charge in [-0.3, -0.25) is 14.6 Å². The van der Waals surface area contributed by atoms with Crippen LogP contribution in [0.3, 0.4) is 0 Å². The Hall–Kier alpha value is -1.57. The molecule has 0 spiro atoms. The monoisotopic (exact) mass is 245 g/mol. The van der Waals surface area contributed by atoms with Gasteiger partial charge in [-0.15, -0.1) is 0 Å². The number of rotatable bonds is 4. The summed E-state index contributed by atoms with van der Waals surface area (Å²) < 4.78 is 4.86. The Kier molecular flexibility index (Phi) is 4.29. The number of hydrogen-bond donors (Lipinski definition) is 2. The topological polar surface area (TPSA) is 105 Å². The third-order valence-corrected chi connectivity index (χ3v) is 2.30. The summed E-state index contributed by atoms with van der Waals surface area (Å²) in [5.41, 5.74) is -1.30. The van der Waals surface area contributed by atoms with Crippen LogP contribution in [0.5, 0.6) is 0 Å². The summed E-state index contributed by atoms with van der Waals surface area (Å²) in [7, 11) is 0. The molecule has 0 bridgehead atoms. The van der Waals surface area contributed by atoms with Crippen molar-refractivity contribution >= 4 is 17.7 Å². The van der Waals surface area contributed by atoms with Crippen LogP contribution >= 0.6 is 11.8 Å². The van der Waals surface area contributed by atoms with Crippen molar-refractivity contribution in [1.82, 2.24) is 15.2 Å². The molecule has 0 saturated heterocycles. The highest BCUT2D eigenvalue weighted by Gasteiger charge is 2.09. The van der Waals surface area contributed by atoms with Crippen LogP contribution in [0.4, 0.5) is 0 Å². The molecule has 0 aromatic carbocycles. The van der Waals surface area contributed by atoms with Gasteiger partial charge in [0, 0.05) is 0 Å². The van der Waals surface area contributed by atoms with Crippen molar-refractivity contribution in [1.29, 1.82) is 0 Å². The Morgan fingerprint density at radius 1 is 1.50 bits per heavy atom. The summed E-state index contributed by atoms with van der Waals surface area (Å²) in [4.78, 5) is 35.0. The first-order valence-corrected chi connectivity index (χ1v) is 5.49. The van der Waals surface area contributed by atoms with Crippen molar-refractivity contribution in [2.24, 2.45) is 0 Å². The van der Waals surface area contributed by atoms with Gasteiger partial charge in [-0.25, -0.2) is 9.89 Å². The Bertz CT molecular complexity index is 479. The van der Waals surface area contributed by atoms with Gasteiger partial charge in [-0.05, 0) is 13.8 Å². The summed E-state index contributed by atoms with van der Waals surface area (Å²) in [6.45, 7) is 3.46. The SMILES string of the molecule is CC(C)OC(=O)CSc1n[nH]c(=O)[nH]c1=O. The van der Waals surface area contributed by atoms with E-state index in [-0.39, 0.29) is 16.9 Å². The lowest BCUT2D eigenvalue weighted by molar-refractivity contribution is -0.144. The summed E-state index contributed by atoms with van der Waals surface area (Å²) in [6, 6.07) is 0. The summed E-state index contributed by atoms with van der Waals surface area (Å²) in [6.07, 6.45) is -0.199. The van der Waals surface area contributed by atoms with E-state index in [0.29, 0.717) is 0 Å². The first-order chi connectivity index (χ1) is 7.49. The Morgan fingerprint density at radius 3 is 2.75 bits per heavy atom. The standard InChI is InChI=1S/C8H11N3O4S/c1-4(2)15-5(12)3-16-7-6(13)9-8(14)11-10-7/h4H,3H2,1-2H3,(H2,9,11,13,14). The lowest BCUT2D eigenvalue weighted by Crippen LogP contribution is -2.25. The van der Waals surface area contributed by atoms with Crippen molar-refractivity contribution in [2.45, 2.75) is 25.0 Å². The van der Waals surface area contributed by atoms with Crippen LogP contribution in [0.2, 0.25) is 0 Å². The number of carbonyl (C=O) groups is 1. The van der Waals surface area contributed by atoms with Gasteiger partial charge in [0.1, 0.15) is 0 Å². The molecule has 0 fully saturated rings. The molecule has 1 aromatic heterocycles. The van der Waals surface area contributed by atoms with E-state index in [1.807, 2.05) is 4.98 Å². The fraction of sp³-hybridized carbons (Fsp3) is 0.500. The van der Waals surface area contributed by atoms with E-state index in [9.17, 15) is 14.4 Å². The molecule has 0 atom stereocenters. The van der Waals surface area contributed by atoms with Crippen LogP contribution in [0, 0.1) is 0 Å². The average Bonchev–Trinajstić information content (AvgIpc) is 2.15. The van der Waals surface area contributed by atoms with E-state index in [1.54, 1.807) is 13.8 Å². The second kappa shape index (κ2) is 5.50. The molecule has 0 saturated carbocycles. The Morgan fingerprint density at radius 2 is 2.19 bits per heavy atom. The minimum absolute atomic E-state index is 0.0275. The van der Waals surface area contributed by atoms with E-state index >= 15 is 0 Å². The fourth-order valence-electron chi connectivity index (χ4n) is 0.859. The second-order valence-corrected chi connectivity index (χ2v) is 4.10. The molecule has 0 aliphatic rings. The molecule has 0 unspecified atom stereocenters. The largest absolute Gasteiger partial charge is 0.462 e. The molecule has 88 valence electrons. The summed E-state index contributed by atoms with van der Waals surface area (Å²) >= 11 is 0.906. The third kappa shape index (κ3) is 3.89. The minimum Gasteiger partial charge on any atom is -0.462 e. The molecule has 7 nitrogen and oxygen atoms in total. The third-order valence-electron chi connectivity index (χ3n) is 1.37. The molecule has 0 amide bonds. The highest BCUT2D eigenvalue weighted by molar-refractivity contribution is 7.99. The van der Waals surface area contributed by atoms with Crippen LogP contribution < -0.4 is 11.2 Å². The number of hydrogen-bond acceptors (Lipinski definition) is 6. The number of esters is 1. The van der Waals surface area contributed by atoms with E-state index in [2.05, 4.69) is 10.2 Å². The minimum atomic E-state index is -0.681. The first-order valence-electron chi connectivity index (χ1n) is 4.50. The van der Waals surface area contributed by atoms with Crippen molar-refractivity contribution in [3.63, 3.8) is 0 Å². The molecule has 1 aromatic rings. The van der Waals surface area contributed by atoms with Crippen molar-refractivity contribution in [2.75, 3.05) is 5.75 Å². The van der Waals surface area contributed by atoms with Gasteiger partial charge in [0.05, 0.1) is 11.9 Å². The van der Waals surface area contributed by atoms with Crippen molar-refractivity contribution < 1.29 is 9.53 Å². The normalized spacial score (nSPS) is 10.4. The van der Waals surface area contributed by atoms with Gasteiger partial charge >= 0.3 is 11.7 Å². The van der Waals surface area contributed by atoms with Gasteiger partial charge in [0.15, 0.2) is 5.03 Å². The smallest absolute Gasteiger partial charge is 0.342 e. The highest BCUT2D eigenvalue weighted by atomic mass is 32.2. The molecular formula is C8H11N3O4S. The molecule has 16 heavy (non-hydrogen) atoms. The quantitative estimate of drug-likeness (QED) is 0.547. The average molecular weight is 245 g/mol. The first kappa shape index (κ1) is 12.5. The number of carbonyl (C=O) groups excluding carboxylic acids is 1. The van der Waals surface area contributed by atoms with Crippen molar-refractivity contribution in [3.05, 3.63) is 20.8 Å². The van der Waals surface area contributed by atoms with E-state index in [1.165, 1.54) is 0 Å².